The minimum absolute atomic E-state index is 0.135. The van der Waals surface area contributed by atoms with Crippen molar-refractivity contribution in [2.24, 2.45) is 0 Å². The number of hydrogen-bond acceptors (Lipinski definition) is 4. The number of nitrogens with zero attached hydrogens (tertiary/aromatic N) is 1. The van der Waals surface area contributed by atoms with E-state index >= 15 is 0 Å². The summed E-state index contributed by atoms with van der Waals surface area (Å²) in [5, 5.41) is 12.4. The molecule has 162 valence electrons. The lowest BCUT2D eigenvalue weighted by Crippen LogP contribution is -2.45. The summed E-state index contributed by atoms with van der Waals surface area (Å²) in [7, 11) is 0. The van der Waals surface area contributed by atoms with E-state index in [4.69, 9.17) is 4.74 Å². The van der Waals surface area contributed by atoms with E-state index in [1.54, 1.807) is 17.4 Å². The van der Waals surface area contributed by atoms with Crippen LogP contribution in [0, 0.1) is 5.82 Å². The maximum Gasteiger partial charge on any atom is 0.131 e. The van der Waals surface area contributed by atoms with Crippen LogP contribution < -0.4 is 4.74 Å². The number of fused-ring (bicyclic) bond motifs is 2. The van der Waals surface area contributed by atoms with Crippen molar-refractivity contribution >= 4 is 32.3 Å². The Balaban J connectivity index is 1.18. The first kappa shape index (κ1) is 20.5. The van der Waals surface area contributed by atoms with Crippen LogP contribution in [0.1, 0.15) is 30.6 Å². The Bertz CT molecular complexity index is 1190. The summed E-state index contributed by atoms with van der Waals surface area (Å²) in [6, 6.07) is 15.6. The average molecular weight is 439 g/mol. The monoisotopic (exact) mass is 438 g/mol. The number of aliphatic hydroxyl groups is 1. The second kappa shape index (κ2) is 8.61. The molecule has 2 aromatic carbocycles. The Morgan fingerprint density at radius 3 is 2.94 bits per heavy atom. The molecule has 1 aliphatic rings. The summed E-state index contributed by atoms with van der Waals surface area (Å²) in [6.07, 6.45) is 3.39. The Hall–Kier alpha value is -2.41. The van der Waals surface area contributed by atoms with Gasteiger partial charge in [0.2, 0.25) is 0 Å². The van der Waals surface area contributed by atoms with Crippen LogP contribution in [0.5, 0.6) is 5.75 Å². The van der Waals surface area contributed by atoms with Crippen molar-refractivity contribution in [1.82, 2.24) is 9.88 Å². The number of aromatic amines is 1. The first-order chi connectivity index (χ1) is 15.1. The zero-order chi connectivity index (χ0) is 21.4. The van der Waals surface area contributed by atoms with Gasteiger partial charge in [-0.2, -0.15) is 0 Å². The van der Waals surface area contributed by atoms with Gasteiger partial charge in [0, 0.05) is 44.6 Å². The smallest absolute Gasteiger partial charge is 0.131 e. The number of halogens is 1. The van der Waals surface area contributed by atoms with Crippen LogP contribution in [0.2, 0.25) is 0 Å². The number of likely N-dealkylation sites (tertiary alicyclic amines) is 1. The molecule has 5 rings (SSSR count). The van der Waals surface area contributed by atoms with Crippen molar-refractivity contribution in [1.29, 1.82) is 0 Å². The average Bonchev–Trinajstić information content (AvgIpc) is 3.41. The number of nitrogens with one attached hydrogen (secondary N) is 1. The van der Waals surface area contributed by atoms with E-state index in [9.17, 15) is 9.50 Å². The molecule has 31 heavy (non-hydrogen) atoms. The largest absolute Gasteiger partial charge is 0.490 e. The summed E-state index contributed by atoms with van der Waals surface area (Å²) in [5.41, 5.74) is 1.03. The van der Waals surface area contributed by atoms with E-state index in [0.29, 0.717) is 18.5 Å². The minimum atomic E-state index is -0.549. The standard InChI is InChI=1S/C25H27FN2O2S/c1-16-12-17(25-13-20-21(26)4-2-7-24(20)31-25)9-11-28(16)14-18(29)15-30-23-6-3-5-22-19(23)8-10-27-22/h2-8,10,13,16-18,27,29H,9,11-12,14-15H2,1H3/t16-,17-,18?/m0/s1. The maximum atomic E-state index is 14.1. The first-order valence-corrected chi connectivity index (χ1v) is 11.7. The molecule has 0 saturated carbocycles. The molecule has 1 fully saturated rings. The van der Waals surface area contributed by atoms with Gasteiger partial charge in [-0.1, -0.05) is 12.1 Å². The topological polar surface area (TPSA) is 48.5 Å². The third-order valence-corrected chi connectivity index (χ3v) is 7.64. The van der Waals surface area contributed by atoms with Crippen LogP contribution in [0.3, 0.4) is 0 Å². The van der Waals surface area contributed by atoms with Gasteiger partial charge in [-0.15, -0.1) is 11.3 Å². The zero-order valence-corrected chi connectivity index (χ0v) is 18.4. The fraction of sp³-hybridized carbons (Fsp3) is 0.360. The molecule has 3 heterocycles. The molecule has 0 bridgehead atoms. The predicted molar refractivity (Wildman–Crippen MR) is 125 cm³/mol. The van der Waals surface area contributed by atoms with Crippen LogP contribution in [0.4, 0.5) is 4.39 Å². The summed E-state index contributed by atoms with van der Waals surface area (Å²) in [6.45, 7) is 4.01. The molecule has 4 nitrogen and oxygen atoms in total. The van der Waals surface area contributed by atoms with Crippen molar-refractivity contribution in [2.75, 3.05) is 19.7 Å². The molecule has 1 aliphatic heterocycles. The number of ether oxygens (including phenoxy) is 1. The quantitative estimate of drug-likeness (QED) is 0.416. The van der Waals surface area contributed by atoms with Crippen LogP contribution in [0.15, 0.2) is 54.7 Å². The predicted octanol–water partition coefficient (Wildman–Crippen LogP) is 5.53. The Morgan fingerprint density at radius 2 is 2.10 bits per heavy atom. The number of hydrogen-bond donors (Lipinski definition) is 2. The summed E-state index contributed by atoms with van der Waals surface area (Å²) in [5.74, 6) is 1.10. The Labute approximate surface area is 185 Å². The van der Waals surface area contributed by atoms with Gasteiger partial charge < -0.3 is 14.8 Å². The number of benzene rings is 2. The maximum absolute atomic E-state index is 14.1. The number of piperidine rings is 1. The highest BCUT2D eigenvalue weighted by atomic mass is 32.1. The SMILES string of the molecule is C[C@H]1C[C@@H](c2cc3c(F)cccc3s2)CCN1CC(O)COc1cccc2[nH]ccc12. The number of aromatic nitrogens is 1. The molecule has 0 spiro atoms. The Kier molecular flexibility index (Phi) is 5.69. The second-order valence-electron chi connectivity index (χ2n) is 8.53. The third-order valence-electron chi connectivity index (χ3n) is 6.37. The Morgan fingerprint density at radius 1 is 1.23 bits per heavy atom. The lowest BCUT2D eigenvalue weighted by Gasteiger charge is -2.38. The fourth-order valence-electron chi connectivity index (χ4n) is 4.69. The highest BCUT2D eigenvalue weighted by Crippen LogP contribution is 2.38. The van der Waals surface area contributed by atoms with E-state index in [1.165, 1.54) is 10.9 Å². The van der Waals surface area contributed by atoms with E-state index in [1.807, 2.05) is 42.6 Å². The lowest BCUT2D eigenvalue weighted by molar-refractivity contribution is 0.0408. The van der Waals surface area contributed by atoms with Gasteiger partial charge in [0.15, 0.2) is 0 Å². The van der Waals surface area contributed by atoms with Gasteiger partial charge in [0.25, 0.3) is 0 Å². The number of rotatable bonds is 6. The third kappa shape index (κ3) is 4.20. The molecule has 0 radical (unpaired) electrons. The number of β-amino-alcohol motifs (C(OH)–C–C–N with tert-alkyl or cyclic N) is 1. The molecule has 3 atom stereocenters. The highest BCUT2D eigenvalue weighted by Gasteiger charge is 2.29. The molecule has 1 saturated heterocycles. The fourth-order valence-corrected chi connectivity index (χ4v) is 5.91. The molecule has 2 N–H and O–H groups in total. The number of H-pyrrole nitrogens is 1. The minimum Gasteiger partial charge on any atom is -0.490 e. The molecular weight excluding hydrogens is 411 g/mol. The van der Waals surface area contributed by atoms with Gasteiger partial charge in [-0.25, -0.2) is 4.39 Å². The van der Waals surface area contributed by atoms with Gasteiger partial charge in [0.05, 0.1) is 0 Å². The molecule has 6 heteroatoms. The van der Waals surface area contributed by atoms with E-state index in [0.717, 1.165) is 46.1 Å². The van der Waals surface area contributed by atoms with Gasteiger partial charge >= 0.3 is 0 Å². The zero-order valence-electron chi connectivity index (χ0n) is 17.6. The van der Waals surface area contributed by atoms with Crippen molar-refractivity contribution in [2.45, 2.75) is 37.8 Å². The number of aliphatic hydroxyl groups excluding tert-OH is 1. The highest BCUT2D eigenvalue weighted by molar-refractivity contribution is 7.19. The normalized spacial score (nSPS) is 21.0. The summed E-state index contributed by atoms with van der Waals surface area (Å²) < 4.78 is 21.0. The molecule has 0 amide bonds. The van der Waals surface area contributed by atoms with Crippen molar-refractivity contribution in [3.8, 4) is 5.75 Å². The summed E-state index contributed by atoms with van der Waals surface area (Å²) >= 11 is 1.71. The molecule has 0 aliphatic carbocycles. The van der Waals surface area contributed by atoms with Crippen molar-refractivity contribution in [3.05, 3.63) is 65.4 Å². The summed E-state index contributed by atoms with van der Waals surface area (Å²) in [4.78, 5) is 6.79. The van der Waals surface area contributed by atoms with Crippen LogP contribution in [-0.4, -0.2) is 46.8 Å². The van der Waals surface area contributed by atoms with Gasteiger partial charge in [-0.3, -0.25) is 4.90 Å². The van der Waals surface area contributed by atoms with Gasteiger partial charge in [-0.05, 0) is 68.6 Å². The molecular formula is C25H27FN2O2S. The molecule has 2 aromatic heterocycles. The second-order valence-corrected chi connectivity index (χ2v) is 9.64. The molecule has 1 unspecified atom stereocenters. The molecule has 4 aromatic rings. The lowest BCUT2D eigenvalue weighted by atomic mass is 9.90. The van der Waals surface area contributed by atoms with Gasteiger partial charge in [0.1, 0.15) is 24.3 Å². The van der Waals surface area contributed by atoms with E-state index in [-0.39, 0.29) is 12.4 Å². The van der Waals surface area contributed by atoms with Crippen LogP contribution in [0.25, 0.3) is 21.0 Å². The first-order valence-electron chi connectivity index (χ1n) is 10.9. The van der Waals surface area contributed by atoms with Crippen molar-refractivity contribution in [3.63, 3.8) is 0 Å². The van der Waals surface area contributed by atoms with Crippen LogP contribution >= 0.6 is 11.3 Å². The van der Waals surface area contributed by atoms with Crippen molar-refractivity contribution < 1.29 is 14.2 Å². The van der Waals surface area contributed by atoms with E-state index < -0.39 is 6.10 Å². The van der Waals surface area contributed by atoms with Crippen LogP contribution in [-0.2, 0) is 0 Å². The van der Waals surface area contributed by atoms with E-state index in [2.05, 4.69) is 16.8 Å². The number of thiophene rings is 1.